The molecular weight excluding hydrogens is 653 g/mol. The van der Waals surface area contributed by atoms with Crippen LogP contribution in [0.2, 0.25) is 0 Å². The van der Waals surface area contributed by atoms with Gasteiger partial charge in [-0.25, -0.2) is 12.8 Å². The van der Waals surface area contributed by atoms with Crippen molar-refractivity contribution in [2.75, 3.05) is 44.9 Å². The largest absolute Gasteiger partial charge is 0.490 e. The Hall–Kier alpha value is -3.91. The van der Waals surface area contributed by atoms with E-state index in [0.717, 1.165) is 48.5 Å². The lowest BCUT2D eigenvalue weighted by Gasteiger charge is -2.36. The number of carbonyl (C=O) groups excluding carboxylic acids is 1. The van der Waals surface area contributed by atoms with Crippen LogP contribution in [0.25, 0.3) is 0 Å². The van der Waals surface area contributed by atoms with E-state index in [2.05, 4.69) is 9.62 Å². The summed E-state index contributed by atoms with van der Waals surface area (Å²) in [7, 11) is -2.06. The monoisotopic (exact) mass is 699 g/mol. The van der Waals surface area contributed by atoms with Crippen molar-refractivity contribution in [2.24, 2.45) is 5.92 Å². The molecule has 5 rings (SSSR count). The van der Waals surface area contributed by atoms with E-state index < -0.39 is 27.8 Å². The standard InChI is InChI=1S/C36H46FN3O8S/c1-24-19-40(25(2)22-41)36(42)31-18-29(38-49(43,44)30-12-9-28(37)10-13-30)11-15-32(31)48-26(3)7-5-6-16-45-35(24)21-39(4)20-27-8-14-33-34(17-27)47-23-46-33/h8-15,17-18,24-26,35,38,41H,5-7,16,19-23H2,1-4H3/t24-,25+,26+,35-/m0/s1. The normalized spacial score (nSPS) is 21.1. The second-order valence-electron chi connectivity index (χ2n) is 13.0. The van der Waals surface area contributed by atoms with E-state index in [0.29, 0.717) is 25.4 Å². The summed E-state index contributed by atoms with van der Waals surface area (Å²) in [5.41, 5.74) is 1.38. The molecule has 2 heterocycles. The van der Waals surface area contributed by atoms with Crippen LogP contribution in [0.3, 0.4) is 0 Å². The van der Waals surface area contributed by atoms with Gasteiger partial charge in [-0.3, -0.25) is 14.4 Å². The van der Waals surface area contributed by atoms with Gasteiger partial charge in [0.25, 0.3) is 15.9 Å². The summed E-state index contributed by atoms with van der Waals surface area (Å²) in [4.78, 5) is 18.0. The molecule has 0 bridgehead atoms. The number of sulfonamides is 1. The van der Waals surface area contributed by atoms with Gasteiger partial charge >= 0.3 is 0 Å². The van der Waals surface area contributed by atoms with Crippen molar-refractivity contribution in [3.05, 3.63) is 77.6 Å². The molecule has 3 aromatic rings. The van der Waals surface area contributed by atoms with Crippen molar-refractivity contribution in [3.63, 3.8) is 0 Å². The number of aliphatic hydroxyl groups excluding tert-OH is 1. The third kappa shape index (κ3) is 9.41. The number of hydrogen-bond donors (Lipinski definition) is 2. The number of likely N-dealkylation sites (N-methyl/N-ethyl adjacent to an activating group) is 1. The van der Waals surface area contributed by atoms with Gasteiger partial charge in [-0.05, 0) is 100 Å². The van der Waals surface area contributed by atoms with E-state index in [4.69, 9.17) is 18.9 Å². The van der Waals surface area contributed by atoms with Gasteiger partial charge in [0.1, 0.15) is 11.6 Å². The molecule has 2 aliphatic rings. The average molecular weight is 700 g/mol. The van der Waals surface area contributed by atoms with Crippen LogP contribution in [0, 0.1) is 11.7 Å². The zero-order valence-electron chi connectivity index (χ0n) is 28.4. The number of nitrogens with one attached hydrogen (secondary N) is 1. The molecule has 2 aliphatic heterocycles. The molecule has 0 aliphatic carbocycles. The number of aliphatic hydroxyl groups is 1. The molecule has 0 aromatic heterocycles. The fraction of sp³-hybridized carbons (Fsp3) is 0.472. The Morgan fingerprint density at radius 2 is 1.76 bits per heavy atom. The molecular formula is C36H46FN3O8S. The lowest BCUT2D eigenvalue weighted by atomic mass is 10.0. The van der Waals surface area contributed by atoms with E-state index >= 15 is 0 Å². The first-order chi connectivity index (χ1) is 23.4. The van der Waals surface area contributed by atoms with Crippen LogP contribution < -0.4 is 18.9 Å². The number of fused-ring (bicyclic) bond motifs is 2. The summed E-state index contributed by atoms with van der Waals surface area (Å²) in [5, 5.41) is 10.2. The number of halogens is 1. The molecule has 11 nitrogen and oxygen atoms in total. The van der Waals surface area contributed by atoms with Crippen LogP contribution >= 0.6 is 0 Å². The summed E-state index contributed by atoms with van der Waals surface area (Å²) in [5.74, 6) is 0.671. The lowest BCUT2D eigenvalue weighted by molar-refractivity contribution is -0.0177. The molecule has 0 radical (unpaired) electrons. The maximum absolute atomic E-state index is 14.4. The molecule has 0 fully saturated rings. The van der Waals surface area contributed by atoms with Gasteiger partial charge < -0.3 is 29.0 Å². The van der Waals surface area contributed by atoms with Gasteiger partial charge in [0.15, 0.2) is 11.5 Å². The highest BCUT2D eigenvalue weighted by Crippen LogP contribution is 2.33. The minimum Gasteiger partial charge on any atom is -0.490 e. The number of ether oxygens (including phenoxy) is 4. The zero-order chi connectivity index (χ0) is 35.1. The number of rotatable bonds is 9. The molecule has 0 saturated carbocycles. The Labute approximate surface area is 288 Å². The van der Waals surface area contributed by atoms with E-state index in [1.54, 1.807) is 17.9 Å². The van der Waals surface area contributed by atoms with Crippen molar-refractivity contribution in [3.8, 4) is 17.2 Å². The van der Waals surface area contributed by atoms with Gasteiger partial charge in [-0.15, -0.1) is 0 Å². The van der Waals surface area contributed by atoms with Crippen molar-refractivity contribution < 1.29 is 41.7 Å². The highest BCUT2D eigenvalue weighted by molar-refractivity contribution is 7.92. The van der Waals surface area contributed by atoms with Gasteiger partial charge in [0, 0.05) is 37.8 Å². The van der Waals surface area contributed by atoms with Gasteiger partial charge in [-0.1, -0.05) is 13.0 Å². The van der Waals surface area contributed by atoms with Crippen LogP contribution in [0.15, 0.2) is 65.6 Å². The van der Waals surface area contributed by atoms with Gasteiger partial charge in [0.05, 0.1) is 35.3 Å². The summed E-state index contributed by atoms with van der Waals surface area (Å²) >= 11 is 0. The van der Waals surface area contributed by atoms with E-state index in [-0.39, 0.29) is 54.2 Å². The minimum atomic E-state index is -4.08. The smallest absolute Gasteiger partial charge is 0.261 e. The van der Waals surface area contributed by atoms with Gasteiger partial charge in [-0.2, -0.15) is 0 Å². The Kier molecular flexibility index (Phi) is 12.0. The highest BCUT2D eigenvalue weighted by Gasteiger charge is 2.31. The number of carbonyl (C=O) groups is 1. The molecule has 49 heavy (non-hydrogen) atoms. The number of nitrogens with zero attached hydrogens (tertiary/aromatic N) is 2. The van der Waals surface area contributed by atoms with Crippen LogP contribution in [0.5, 0.6) is 17.2 Å². The number of hydrogen-bond acceptors (Lipinski definition) is 9. The number of benzene rings is 3. The van der Waals surface area contributed by atoms with Gasteiger partial charge in [0.2, 0.25) is 6.79 Å². The number of anilines is 1. The average Bonchev–Trinajstić information content (AvgIpc) is 3.54. The fourth-order valence-corrected chi connectivity index (χ4v) is 7.05. The maximum Gasteiger partial charge on any atom is 0.261 e. The molecule has 266 valence electrons. The fourth-order valence-electron chi connectivity index (χ4n) is 6.00. The topological polar surface area (TPSA) is 127 Å². The van der Waals surface area contributed by atoms with Crippen LogP contribution in [0.1, 0.15) is 56.0 Å². The Bertz CT molecular complexity index is 1690. The Morgan fingerprint density at radius 3 is 2.51 bits per heavy atom. The molecule has 3 aromatic carbocycles. The summed E-state index contributed by atoms with van der Waals surface area (Å²) in [6.07, 6.45) is 1.93. The third-order valence-electron chi connectivity index (χ3n) is 8.81. The SMILES string of the molecule is C[C@@H]1CCCCO[C@@H](CN(C)Cc2ccc3c(c2)OCO3)[C@@H](C)CN([C@H](C)CO)C(=O)c2cc(NS(=O)(=O)c3ccc(F)cc3)ccc2O1. The van der Waals surface area contributed by atoms with Crippen molar-refractivity contribution in [1.82, 2.24) is 9.80 Å². The second-order valence-corrected chi connectivity index (χ2v) is 14.6. The van der Waals surface area contributed by atoms with E-state index in [9.17, 15) is 22.7 Å². The molecule has 2 N–H and O–H groups in total. The Balaban J connectivity index is 1.40. The van der Waals surface area contributed by atoms with Crippen molar-refractivity contribution >= 4 is 21.6 Å². The predicted octanol–water partition coefficient (Wildman–Crippen LogP) is 5.28. The second kappa shape index (κ2) is 16.2. The molecule has 0 spiro atoms. The minimum absolute atomic E-state index is 0.121. The third-order valence-corrected chi connectivity index (χ3v) is 10.2. The van der Waals surface area contributed by atoms with Crippen molar-refractivity contribution in [2.45, 2.75) is 69.7 Å². The molecule has 0 unspecified atom stereocenters. The first kappa shape index (κ1) is 36.4. The van der Waals surface area contributed by atoms with Crippen LogP contribution in [-0.2, 0) is 21.3 Å². The number of amides is 1. The molecule has 4 atom stereocenters. The quantitative estimate of drug-likeness (QED) is 0.307. The molecule has 13 heteroatoms. The first-order valence-electron chi connectivity index (χ1n) is 16.6. The summed E-state index contributed by atoms with van der Waals surface area (Å²) in [6, 6.07) is 14.4. The zero-order valence-corrected chi connectivity index (χ0v) is 29.2. The molecule has 0 saturated heterocycles. The van der Waals surface area contributed by atoms with Crippen LogP contribution in [0.4, 0.5) is 10.1 Å². The first-order valence-corrected chi connectivity index (χ1v) is 18.1. The summed E-state index contributed by atoms with van der Waals surface area (Å²) in [6.45, 7) is 7.72. The van der Waals surface area contributed by atoms with E-state index in [1.807, 2.05) is 39.1 Å². The Morgan fingerprint density at radius 1 is 1.02 bits per heavy atom. The lowest BCUT2D eigenvalue weighted by Crippen LogP contribution is -2.47. The predicted molar refractivity (Wildman–Crippen MR) is 183 cm³/mol. The van der Waals surface area contributed by atoms with Crippen LogP contribution in [-0.4, -0.2) is 87.6 Å². The highest BCUT2D eigenvalue weighted by atomic mass is 32.2. The maximum atomic E-state index is 14.4. The van der Waals surface area contributed by atoms with E-state index in [1.165, 1.54) is 24.3 Å². The summed E-state index contributed by atoms with van der Waals surface area (Å²) < 4.78 is 65.9. The molecule has 1 amide bonds. The van der Waals surface area contributed by atoms with Crippen molar-refractivity contribution in [1.29, 1.82) is 0 Å².